The summed E-state index contributed by atoms with van der Waals surface area (Å²) in [5.41, 5.74) is 0.594. The van der Waals surface area contributed by atoms with E-state index >= 15 is 4.39 Å². The lowest BCUT2D eigenvalue weighted by atomic mass is 9.88. The first kappa shape index (κ1) is 21.5. The first-order valence-corrected chi connectivity index (χ1v) is 11.8. The number of halogens is 2. The highest BCUT2D eigenvalue weighted by molar-refractivity contribution is 7.89. The summed E-state index contributed by atoms with van der Waals surface area (Å²) in [4.78, 5) is 11.6. The minimum absolute atomic E-state index is 0.0103. The fourth-order valence-corrected chi connectivity index (χ4v) is 5.93. The molecule has 33 heavy (non-hydrogen) atoms. The molecule has 4 heterocycles. The van der Waals surface area contributed by atoms with E-state index in [1.807, 2.05) is 0 Å². The molecule has 1 fully saturated rings. The Bertz CT molecular complexity index is 1540. The second-order valence-electron chi connectivity index (χ2n) is 8.55. The Kier molecular flexibility index (Phi) is 4.77. The Morgan fingerprint density at radius 3 is 2.67 bits per heavy atom. The second kappa shape index (κ2) is 7.33. The fourth-order valence-electron chi connectivity index (χ4n) is 4.49. The summed E-state index contributed by atoms with van der Waals surface area (Å²) in [5.74, 6) is -2.08. The summed E-state index contributed by atoms with van der Waals surface area (Å²) >= 11 is 0. The van der Waals surface area contributed by atoms with Crippen LogP contribution in [0, 0.1) is 23.0 Å². The van der Waals surface area contributed by atoms with Gasteiger partial charge in [-0.3, -0.25) is 0 Å². The molecule has 170 valence electrons. The highest BCUT2D eigenvalue weighted by Crippen LogP contribution is 2.43. The molecule has 1 saturated heterocycles. The van der Waals surface area contributed by atoms with Gasteiger partial charge in [-0.05, 0) is 32.0 Å². The van der Waals surface area contributed by atoms with Crippen molar-refractivity contribution >= 4 is 32.0 Å². The Balaban J connectivity index is 1.75. The lowest BCUT2D eigenvalue weighted by molar-refractivity contribution is 0.0878. The molecule has 0 bridgehead atoms. The van der Waals surface area contributed by atoms with Gasteiger partial charge in [-0.25, -0.2) is 27.2 Å². The van der Waals surface area contributed by atoms with Crippen LogP contribution in [0.4, 0.5) is 8.78 Å². The second-order valence-corrected chi connectivity index (χ2v) is 11.0. The zero-order valence-corrected chi connectivity index (χ0v) is 18.7. The summed E-state index contributed by atoms with van der Waals surface area (Å²) in [5, 5.41) is 10.0. The number of H-pyrrole nitrogens is 1. The largest absolute Gasteiger partial charge is 0.346 e. The van der Waals surface area contributed by atoms with Crippen molar-refractivity contribution in [2.45, 2.75) is 31.1 Å². The summed E-state index contributed by atoms with van der Waals surface area (Å²) in [6.07, 6.45) is 4.65. The van der Waals surface area contributed by atoms with Crippen molar-refractivity contribution in [1.82, 2.24) is 23.8 Å². The van der Waals surface area contributed by atoms with Gasteiger partial charge < -0.3 is 9.55 Å². The van der Waals surface area contributed by atoms with Crippen molar-refractivity contribution in [2.75, 3.05) is 13.1 Å². The summed E-state index contributed by atoms with van der Waals surface area (Å²) in [7, 11) is -3.56. The predicted molar refractivity (Wildman–Crippen MR) is 119 cm³/mol. The van der Waals surface area contributed by atoms with Crippen LogP contribution in [-0.4, -0.2) is 50.6 Å². The lowest BCUT2D eigenvalue weighted by Gasteiger charge is -2.49. The van der Waals surface area contributed by atoms with E-state index in [0.29, 0.717) is 27.7 Å². The normalized spacial score (nSPS) is 16.4. The number of nitrogens with one attached hydrogen (secondary N) is 1. The van der Waals surface area contributed by atoms with Crippen molar-refractivity contribution in [3.8, 4) is 17.3 Å². The number of aromatic nitrogens is 4. The molecule has 8 nitrogen and oxygen atoms in total. The number of hydrogen-bond acceptors (Lipinski definition) is 5. The third kappa shape index (κ3) is 3.05. The lowest BCUT2D eigenvalue weighted by Crippen LogP contribution is -2.64. The smallest absolute Gasteiger partial charge is 0.216 e. The van der Waals surface area contributed by atoms with Crippen molar-refractivity contribution in [3.63, 3.8) is 0 Å². The maximum absolute atomic E-state index is 15.2. The average Bonchev–Trinajstić information content (AvgIpc) is 3.38. The molecule has 11 heteroatoms. The Hall–Kier alpha value is -3.36. The molecule has 3 aromatic heterocycles. The van der Waals surface area contributed by atoms with Crippen LogP contribution in [0.15, 0.2) is 36.9 Å². The summed E-state index contributed by atoms with van der Waals surface area (Å²) < 4.78 is 57.6. The number of rotatable bonds is 5. The van der Waals surface area contributed by atoms with E-state index in [0.717, 1.165) is 6.07 Å². The van der Waals surface area contributed by atoms with Gasteiger partial charge in [-0.2, -0.15) is 9.57 Å². The van der Waals surface area contributed by atoms with E-state index in [1.165, 1.54) is 21.3 Å². The monoisotopic (exact) mass is 470 g/mol. The minimum Gasteiger partial charge on any atom is -0.346 e. The van der Waals surface area contributed by atoms with E-state index in [4.69, 9.17) is 0 Å². The van der Waals surface area contributed by atoms with Gasteiger partial charge in [0, 0.05) is 41.8 Å². The van der Waals surface area contributed by atoms with E-state index in [9.17, 15) is 18.1 Å². The van der Waals surface area contributed by atoms with Crippen LogP contribution in [0.25, 0.3) is 33.2 Å². The first-order chi connectivity index (χ1) is 15.7. The molecule has 1 aliphatic rings. The summed E-state index contributed by atoms with van der Waals surface area (Å²) in [6.45, 7) is 3.14. The van der Waals surface area contributed by atoms with Crippen LogP contribution in [0.5, 0.6) is 0 Å². The third-order valence-corrected chi connectivity index (χ3v) is 8.45. The maximum atomic E-state index is 15.2. The number of nitrogens with zero attached hydrogens (tertiary/aromatic N) is 5. The molecular formula is C22H20F2N6O2S. The number of aromatic amines is 1. The molecule has 4 aromatic rings. The van der Waals surface area contributed by atoms with Gasteiger partial charge >= 0.3 is 0 Å². The van der Waals surface area contributed by atoms with E-state index < -0.39 is 32.4 Å². The molecule has 1 aromatic carbocycles. The number of benzene rings is 1. The molecule has 0 spiro atoms. The molecule has 5 rings (SSSR count). The van der Waals surface area contributed by atoms with Crippen LogP contribution < -0.4 is 0 Å². The maximum Gasteiger partial charge on any atom is 0.216 e. The number of fused-ring (bicyclic) bond motifs is 2. The van der Waals surface area contributed by atoms with Crippen molar-refractivity contribution in [3.05, 3.63) is 48.6 Å². The third-order valence-electron chi connectivity index (χ3n) is 6.28. The van der Waals surface area contributed by atoms with E-state index in [1.54, 1.807) is 32.3 Å². The Morgan fingerprint density at radius 2 is 1.97 bits per heavy atom. The van der Waals surface area contributed by atoms with Crippen LogP contribution in [0.1, 0.15) is 20.3 Å². The average molecular weight is 471 g/mol. The van der Waals surface area contributed by atoms with Crippen LogP contribution in [0.3, 0.4) is 0 Å². The minimum atomic E-state index is -3.56. The van der Waals surface area contributed by atoms with Gasteiger partial charge in [-0.1, -0.05) is 0 Å². The molecule has 0 amide bonds. The Morgan fingerprint density at radius 1 is 1.21 bits per heavy atom. The molecule has 1 aliphatic heterocycles. The Labute approximate surface area is 188 Å². The number of sulfonamides is 1. The fraction of sp³-hybridized carbons (Fsp3) is 0.318. The molecule has 0 aliphatic carbocycles. The zero-order valence-electron chi connectivity index (χ0n) is 17.9. The zero-order chi connectivity index (χ0) is 23.5. The van der Waals surface area contributed by atoms with Crippen molar-refractivity contribution in [1.29, 1.82) is 5.26 Å². The standard InChI is InChI=1S/C22H20F2N6O2S/c1-13(2)33(31,32)29-10-22(11-29,6-7-25)30-9-16(14-3-4-17(23)18(24)20(14)30)19-15-5-8-26-21(15)28-12-27-19/h3-5,8-9,12-13H,6,10-11H2,1-2H3,(H,26,27,28). The van der Waals surface area contributed by atoms with Crippen LogP contribution in [-0.2, 0) is 15.6 Å². The molecule has 0 atom stereocenters. The van der Waals surface area contributed by atoms with Gasteiger partial charge in [0.25, 0.3) is 0 Å². The first-order valence-electron chi connectivity index (χ1n) is 10.3. The number of nitriles is 1. The quantitative estimate of drug-likeness (QED) is 0.480. The number of hydrogen-bond donors (Lipinski definition) is 1. The summed E-state index contributed by atoms with van der Waals surface area (Å²) in [6, 6.07) is 6.41. The molecule has 0 radical (unpaired) electrons. The topological polar surface area (TPSA) is 108 Å². The SMILES string of the molecule is CC(C)S(=O)(=O)N1CC(CC#N)(n2cc(-c3ncnc4[nH]ccc34)c3ccc(F)c(F)c32)C1. The van der Waals surface area contributed by atoms with E-state index in [2.05, 4.69) is 21.0 Å². The highest BCUT2D eigenvalue weighted by atomic mass is 32.2. The van der Waals surface area contributed by atoms with Crippen LogP contribution in [0.2, 0.25) is 0 Å². The van der Waals surface area contributed by atoms with Gasteiger partial charge in [0.2, 0.25) is 10.0 Å². The van der Waals surface area contributed by atoms with Gasteiger partial charge in [-0.15, -0.1) is 0 Å². The van der Waals surface area contributed by atoms with Crippen molar-refractivity contribution in [2.24, 2.45) is 0 Å². The predicted octanol–water partition coefficient (Wildman–Crippen LogP) is 3.52. The molecule has 0 unspecified atom stereocenters. The van der Waals surface area contributed by atoms with Crippen LogP contribution >= 0.6 is 0 Å². The molecular weight excluding hydrogens is 450 g/mol. The van der Waals surface area contributed by atoms with Gasteiger partial charge in [0.15, 0.2) is 11.6 Å². The van der Waals surface area contributed by atoms with Gasteiger partial charge in [0.05, 0.1) is 34.5 Å². The van der Waals surface area contributed by atoms with Gasteiger partial charge in [0.1, 0.15) is 12.0 Å². The van der Waals surface area contributed by atoms with E-state index in [-0.39, 0.29) is 25.0 Å². The highest BCUT2D eigenvalue weighted by Gasteiger charge is 2.51. The molecule has 1 N–H and O–H groups in total. The molecule has 0 saturated carbocycles. The van der Waals surface area contributed by atoms with Crippen molar-refractivity contribution < 1.29 is 17.2 Å².